The lowest BCUT2D eigenvalue weighted by Gasteiger charge is -2.11. The van der Waals surface area contributed by atoms with Crippen molar-refractivity contribution >= 4 is 61.2 Å². The molecule has 1 aromatic heterocycles. The highest BCUT2D eigenvalue weighted by atomic mass is 127. The van der Waals surface area contributed by atoms with Crippen LogP contribution in [0.5, 0.6) is 0 Å². The SMILES string of the molecule is Fc1ccc(Br)c(-n2c(CCCl)nc3cc(I)ccc32)c1. The lowest BCUT2D eigenvalue weighted by molar-refractivity contribution is 0.626. The molecule has 0 spiro atoms. The smallest absolute Gasteiger partial charge is 0.125 e. The van der Waals surface area contributed by atoms with Crippen LogP contribution in [0.3, 0.4) is 0 Å². The molecular formula is C15H10BrClFIN2. The maximum atomic E-state index is 13.6. The van der Waals surface area contributed by atoms with Gasteiger partial charge in [-0.1, -0.05) is 0 Å². The maximum Gasteiger partial charge on any atom is 0.125 e. The first-order valence-electron chi connectivity index (χ1n) is 6.28. The molecule has 3 rings (SSSR count). The second kappa shape index (κ2) is 6.22. The molecule has 0 aliphatic rings. The summed E-state index contributed by atoms with van der Waals surface area (Å²) in [5.74, 6) is 1.01. The summed E-state index contributed by atoms with van der Waals surface area (Å²) in [6.07, 6.45) is 0.621. The van der Waals surface area contributed by atoms with Gasteiger partial charge in [0.2, 0.25) is 0 Å². The van der Waals surface area contributed by atoms with Crippen molar-refractivity contribution < 1.29 is 4.39 Å². The molecule has 6 heteroatoms. The first-order chi connectivity index (χ1) is 10.1. The number of rotatable bonds is 3. The predicted molar refractivity (Wildman–Crippen MR) is 95.9 cm³/mol. The Morgan fingerprint density at radius 1 is 1.24 bits per heavy atom. The summed E-state index contributed by atoms with van der Waals surface area (Å²) in [5, 5.41) is 0. The van der Waals surface area contributed by atoms with Crippen LogP contribution in [0.2, 0.25) is 0 Å². The van der Waals surface area contributed by atoms with Crippen molar-refractivity contribution in [1.82, 2.24) is 9.55 Å². The lowest BCUT2D eigenvalue weighted by atomic mass is 10.2. The number of nitrogens with zero attached hydrogens (tertiary/aromatic N) is 2. The Morgan fingerprint density at radius 2 is 2.05 bits per heavy atom. The van der Waals surface area contributed by atoms with Gasteiger partial charge in [-0.3, -0.25) is 4.57 Å². The zero-order valence-electron chi connectivity index (χ0n) is 10.8. The fraction of sp³-hybridized carbons (Fsp3) is 0.133. The van der Waals surface area contributed by atoms with Crippen molar-refractivity contribution in [3.8, 4) is 5.69 Å². The average Bonchev–Trinajstić information content (AvgIpc) is 2.79. The number of alkyl halides is 1. The molecule has 0 N–H and O–H groups in total. The first kappa shape index (κ1) is 15.2. The van der Waals surface area contributed by atoms with Crippen molar-refractivity contribution in [2.24, 2.45) is 0 Å². The minimum atomic E-state index is -0.280. The minimum absolute atomic E-state index is 0.280. The van der Waals surface area contributed by atoms with Crippen LogP contribution in [0.15, 0.2) is 40.9 Å². The summed E-state index contributed by atoms with van der Waals surface area (Å²) < 4.78 is 17.5. The van der Waals surface area contributed by atoms with E-state index >= 15 is 0 Å². The fourth-order valence-corrected chi connectivity index (χ4v) is 3.35. The standard InChI is InChI=1S/C15H10BrClFIN2/c16-11-3-1-9(18)7-14(11)21-13-4-2-10(19)8-12(13)20-15(21)5-6-17/h1-4,7-8H,5-6H2. The third-order valence-corrected chi connectivity index (χ3v) is 4.68. The van der Waals surface area contributed by atoms with Gasteiger partial charge in [-0.15, -0.1) is 11.6 Å². The number of aromatic nitrogens is 2. The van der Waals surface area contributed by atoms with E-state index in [0.29, 0.717) is 12.3 Å². The molecule has 0 aliphatic heterocycles. The molecule has 1 heterocycles. The molecule has 0 aliphatic carbocycles. The van der Waals surface area contributed by atoms with E-state index in [9.17, 15) is 4.39 Å². The summed E-state index contributed by atoms with van der Waals surface area (Å²) in [4.78, 5) is 4.64. The molecular weight excluding hydrogens is 469 g/mol. The third-order valence-electron chi connectivity index (χ3n) is 3.15. The largest absolute Gasteiger partial charge is 0.295 e. The summed E-state index contributed by atoms with van der Waals surface area (Å²) in [6.45, 7) is 0. The maximum absolute atomic E-state index is 13.6. The van der Waals surface area contributed by atoms with E-state index in [2.05, 4.69) is 43.5 Å². The van der Waals surface area contributed by atoms with Gasteiger partial charge in [-0.25, -0.2) is 9.37 Å². The van der Waals surface area contributed by atoms with E-state index in [1.807, 2.05) is 22.8 Å². The summed E-state index contributed by atoms with van der Waals surface area (Å²) in [6, 6.07) is 10.7. The first-order valence-corrected chi connectivity index (χ1v) is 8.69. The van der Waals surface area contributed by atoms with Gasteiger partial charge in [0.25, 0.3) is 0 Å². The number of aryl methyl sites for hydroxylation is 1. The van der Waals surface area contributed by atoms with E-state index in [1.165, 1.54) is 12.1 Å². The number of halogens is 4. The van der Waals surface area contributed by atoms with Crippen molar-refractivity contribution in [3.05, 3.63) is 56.1 Å². The molecule has 0 saturated heterocycles. The average molecular weight is 480 g/mol. The molecule has 2 aromatic carbocycles. The molecule has 0 fully saturated rings. The summed E-state index contributed by atoms with van der Waals surface area (Å²) >= 11 is 11.6. The summed E-state index contributed by atoms with van der Waals surface area (Å²) in [5.41, 5.74) is 2.57. The van der Waals surface area contributed by atoms with Gasteiger partial charge >= 0.3 is 0 Å². The van der Waals surface area contributed by atoms with Crippen LogP contribution in [-0.4, -0.2) is 15.4 Å². The molecule has 0 amide bonds. The third kappa shape index (κ3) is 2.96. The second-order valence-corrected chi connectivity index (χ2v) is 7.01. The van der Waals surface area contributed by atoms with E-state index in [4.69, 9.17) is 11.6 Å². The van der Waals surface area contributed by atoms with E-state index in [0.717, 1.165) is 30.6 Å². The van der Waals surface area contributed by atoms with Crippen molar-refractivity contribution in [2.45, 2.75) is 6.42 Å². The Bertz CT molecular complexity index is 819. The molecule has 0 radical (unpaired) electrons. The quantitative estimate of drug-likeness (QED) is 0.368. The number of hydrogen-bond donors (Lipinski definition) is 0. The van der Waals surface area contributed by atoms with Crippen LogP contribution in [0, 0.1) is 9.39 Å². The molecule has 2 nitrogen and oxygen atoms in total. The highest BCUT2D eigenvalue weighted by Gasteiger charge is 2.15. The molecule has 3 aromatic rings. The normalized spacial score (nSPS) is 11.2. The van der Waals surface area contributed by atoms with Gasteiger partial charge in [0.05, 0.1) is 16.7 Å². The number of hydrogen-bond acceptors (Lipinski definition) is 1. The highest BCUT2D eigenvalue weighted by molar-refractivity contribution is 14.1. The summed E-state index contributed by atoms with van der Waals surface area (Å²) in [7, 11) is 0. The van der Waals surface area contributed by atoms with Crippen molar-refractivity contribution in [3.63, 3.8) is 0 Å². The van der Waals surface area contributed by atoms with Crippen molar-refractivity contribution in [2.75, 3.05) is 5.88 Å². The molecule has 21 heavy (non-hydrogen) atoms. The van der Waals surface area contributed by atoms with Crippen LogP contribution >= 0.6 is 50.1 Å². The number of benzene rings is 2. The predicted octanol–water partition coefficient (Wildman–Crippen LogP) is 5.31. The Hall–Kier alpha value is -0.660. The van der Waals surface area contributed by atoms with E-state index in [-0.39, 0.29) is 5.82 Å². The zero-order chi connectivity index (χ0) is 15.0. The van der Waals surface area contributed by atoms with E-state index < -0.39 is 0 Å². The minimum Gasteiger partial charge on any atom is -0.295 e. The Labute approximate surface area is 148 Å². The molecule has 0 atom stereocenters. The topological polar surface area (TPSA) is 17.8 Å². The monoisotopic (exact) mass is 478 g/mol. The van der Waals surface area contributed by atoms with Crippen LogP contribution in [0.4, 0.5) is 4.39 Å². The second-order valence-electron chi connectivity index (χ2n) is 4.53. The van der Waals surface area contributed by atoms with Gasteiger partial charge in [-0.2, -0.15) is 0 Å². The van der Waals surface area contributed by atoms with Gasteiger partial charge in [-0.05, 0) is 74.9 Å². The Morgan fingerprint density at radius 3 is 2.81 bits per heavy atom. The Balaban J connectivity index is 2.33. The van der Waals surface area contributed by atoms with Crippen LogP contribution in [0.25, 0.3) is 16.7 Å². The van der Waals surface area contributed by atoms with E-state index in [1.54, 1.807) is 6.07 Å². The van der Waals surface area contributed by atoms with Crippen LogP contribution in [0.1, 0.15) is 5.82 Å². The van der Waals surface area contributed by atoms with Crippen molar-refractivity contribution in [1.29, 1.82) is 0 Å². The van der Waals surface area contributed by atoms with Crippen LogP contribution in [-0.2, 0) is 6.42 Å². The van der Waals surface area contributed by atoms with Crippen LogP contribution < -0.4 is 0 Å². The lowest BCUT2D eigenvalue weighted by Crippen LogP contribution is -2.03. The molecule has 0 saturated carbocycles. The number of fused-ring (bicyclic) bond motifs is 1. The molecule has 108 valence electrons. The van der Waals surface area contributed by atoms with Gasteiger partial charge < -0.3 is 0 Å². The fourth-order valence-electron chi connectivity index (χ4n) is 2.28. The number of imidazole rings is 1. The Kier molecular flexibility index (Phi) is 4.51. The van der Waals surface area contributed by atoms with Gasteiger partial charge in [0.15, 0.2) is 0 Å². The molecule has 0 bridgehead atoms. The van der Waals surface area contributed by atoms with Gasteiger partial charge in [0.1, 0.15) is 11.6 Å². The highest BCUT2D eigenvalue weighted by Crippen LogP contribution is 2.29. The van der Waals surface area contributed by atoms with Gasteiger partial charge in [0, 0.05) is 20.3 Å². The molecule has 0 unspecified atom stereocenters. The zero-order valence-corrected chi connectivity index (χ0v) is 15.3.